The van der Waals surface area contributed by atoms with Crippen molar-refractivity contribution in [3.8, 4) is 0 Å². The zero-order valence-corrected chi connectivity index (χ0v) is 9.67. The summed E-state index contributed by atoms with van der Waals surface area (Å²) in [5.74, 6) is -0.0987. The van der Waals surface area contributed by atoms with Gasteiger partial charge in [-0.2, -0.15) is 0 Å². The smallest absolute Gasteiger partial charge is 0.320 e. The lowest BCUT2D eigenvalue weighted by Gasteiger charge is -2.22. The van der Waals surface area contributed by atoms with Crippen molar-refractivity contribution in [3.05, 3.63) is 0 Å². The first-order chi connectivity index (χ1) is 7.24. The third-order valence-corrected chi connectivity index (χ3v) is 3.44. The lowest BCUT2D eigenvalue weighted by Crippen LogP contribution is -2.35. The molecule has 0 radical (unpaired) electrons. The fraction of sp³-hybridized carbons (Fsp3) is 0.917. The average molecular weight is 213 g/mol. The fourth-order valence-corrected chi connectivity index (χ4v) is 2.45. The van der Waals surface area contributed by atoms with Gasteiger partial charge >= 0.3 is 5.97 Å². The van der Waals surface area contributed by atoms with Crippen LogP contribution in [0.1, 0.15) is 51.4 Å². The Kier molecular flexibility index (Phi) is 5.69. The molecule has 15 heavy (non-hydrogen) atoms. The molecule has 1 atom stereocenters. The summed E-state index contributed by atoms with van der Waals surface area (Å²) in [6.45, 7) is 0. The number of nitrogens with one attached hydrogen (secondary N) is 1. The molecule has 0 aromatic carbocycles. The van der Waals surface area contributed by atoms with Crippen LogP contribution in [0.5, 0.6) is 0 Å². The van der Waals surface area contributed by atoms with Crippen LogP contribution in [-0.2, 0) is 4.79 Å². The number of hydrogen-bond donors (Lipinski definition) is 2. The Hall–Kier alpha value is -0.570. The highest BCUT2D eigenvalue weighted by Gasteiger charge is 2.21. The number of carboxylic acid groups (broad SMARTS) is 1. The molecule has 1 aliphatic carbocycles. The van der Waals surface area contributed by atoms with E-state index in [1.165, 1.54) is 44.9 Å². The molecule has 0 aliphatic heterocycles. The van der Waals surface area contributed by atoms with E-state index in [2.05, 4.69) is 5.32 Å². The van der Waals surface area contributed by atoms with E-state index >= 15 is 0 Å². The molecule has 0 heterocycles. The molecule has 1 unspecified atom stereocenters. The highest BCUT2D eigenvalue weighted by atomic mass is 16.4. The van der Waals surface area contributed by atoms with Gasteiger partial charge in [0.25, 0.3) is 0 Å². The van der Waals surface area contributed by atoms with Gasteiger partial charge in [-0.05, 0) is 19.4 Å². The Morgan fingerprint density at radius 3 is 2.27 bits per heavy atom. The minimum atomic E-state index is -0.709. The third-order valence-electron chi connectivity index (χ3n) is 3.44. The number of aliphatic carboxylic acids is 1. The summed E-state index contributed by atoms with van der Waals surface area (Å²) >= 11 is 0. The van der Waals surface area contributed by atoms with Gasteiger partial charge in [-0.1, -0.05) is 44.9 Å². The standard InChI is InChI=1S/C12H23NO2/c1-13-11(12(14)15)9-10-7-5-3-2-4-6-8-10/h10-11,13H,2-9H2,1H3,(H,14,15). The molecule has 3 heteroatoms. The van der Waals surface area contributed by atoms with Gasteiger partial charge in [0.2, 0.25) is 0 Å². The normalized spacial score (nSPS) is 21.7. The zero-order valence-electron chi connectivity index (χ0n) is 9.67. The predicted octanol–water partition coefficient (Wildman–Crippen LogP) is 2.41. The van der Waals surface area contributed by atoms with Gasteiger partial charge < -0.3 is 10.4 Å². The SMILES string of the molecule is CNC(CC1CCCCCCC1)C(=O)O. The number of carbonyl (C=O) groups is 1. The number of carboxylic acids is 1. The van der Waals surface area contributed by atoms with Gasteiger partial charge in [0.15, 0.2) is 0 Å². The molecule has 1 rings (SSSR count). The monoisotopic (exact) mass is 213 g/mol. The van der Waals surface area contributed by atoms with E-state index in [1.807, 2.05) is 0 Å². The van der Waals surface area contributed by atoms with Gasteiger partial charge in [-0.25, -0.2) is 0 Å². The summed E-state index contributed by atoms with van der Waals surface area (Å²) in [6.07, 6.45) is 9.80. The molecule has 0 spiro atoms. The quantitative estimate of drug-likeness (QED) is 0.754. The van der Waals surface area contributed by atoms with Crippen LogP contribution in [-0.4, -0.2) is 24.2 Å². The van der Waals surface area contributed by atoms with E-state index in [0.717, 1.165) is 6.42 Å². The largest absolute Gasteiger partial charge is 0.480 e. The average Bonchev–Trinajstić information content (AvgIpc) is 2.15. The van der Waals surface area contributed by atoms with Crippen LogP contribution in [0.4, 0.5) is 0 Å². The van der Waals surface area contributed by atoms with E-state index in [4.69, 9.17) is 5.11 Å². The molecular weight excluding hydrogens is 190 g/mol. The molecule has 0 bridgehead atoms. The molecule has 0 aromatic rings. The first kappa shape index (κ1) is 12.5. The van der Waals surface area contributed by atoms with Crippen molar-refractivity contribution < 1.29 is 9.90 Å². The van der Waals surface area contributed by atoms with Crippen molar-refractivity contribution in [2.24, 2.45) is 5.92 Å². The Morgan fingerprint density at radius 1 is 1.27 bits per heavy atom. The van der Waals surface area contributed by atoms with Crippen LogP contribution in [0.15, 0.2) is 0 Å². The second-order valence-corrected chi connectivity index (χ2v) is 4.63. The van der Waals surface area contributed by atoms with Crippen LogP contribution in [0, 0.1) is 5.92 Å². The van der Waals surface area contributed by atoms with Crippen molar-refractivity contribution >= 4 is 5.97 Å². The Bertz CT molecular complexity index is 186. The minimum Gasteiger partial charge on any atom is -0.480 e. The molecule has 0 aromatic heterocycles. The zero-order chi connectivity index (χ0) is 11.1. The van der Waals surface area contributed by atoms with Crippen molar-refractivity contribution in [1.29, 1.82) is 0 Å². The topological polar surface area (TPSA) is 49.3 Å². The van der Waals surface area contributed by atoms with E-state index in [9.17, 15) is 4.79 Å². The lowest BCUT2D eigenvalue weighted by atomic mass is 9.86. The Balaban J connectivity index is 2.36. The van der Waals surface area contributed by atoms with Crippen molar-refractivity contribution in [1.82, 2.24) is 5.32 Å². The van der Waals surface area contributed by atoms with Gasteiger partial charge in [-0.15, -0.1) is 0 Å². The van der Waals surface area contributed by atoms with Crippen LogP contribution >= 0.6 is 0 Å². The van der Waals surface area contributed by atoms with Crippen LogP contribution in [0.25, 0.3) is 0 Å². The lowest BCUT2D eigenvalue weighted by molar-refractivity contribution is -0.139. The summed E-state index contributed by atoms with van der Waals surface area (Å²) in [7, 11) is 1.74. The van der Waals surface area contributed by atoms with Crippen LogP contribution < -0.4 is 5.32 Å². The highest BCUT2D eigenvalue weighted by molar-refractivity contribution is 5.73. The van der Waals surface area contributed by atoms with Gasteiger partial charge in [-0.3, -0.25) is 4.79 Å². The van der Waals surface area contributed by atoms with Crippen LogP contribution in [0.2, 0.25) is 0 Å². The molecule has 1 aliphatic rings. The molecule has 88 valence electrons. The molecule has 1 fully saturated rings. The maximum Gasteiger partial charge on any atom is 0.320 e. The fourth-order valence-electron chi connectivity index (χ4n) is 2.45. The molecular formula is C12H23NO2. The molecule has 2 N–H and O–H groups in total. The summed E-state index contributed by atoms with van der Waals surface area (Å²) in [5.41, 5.74) is 0. The molecule has 0 saturated heterocycles. The van der Waals surface area contributed by atoms with Crippen molar-refractivity contribution in [2.75, 3.05) is 7.05 Å². The summed E-state index contributed by atoms with van der Waals surface area (Å²) in [4.78, 5) is 10.9. The first-order valence-electron chi connectivity index (χ1n) is 6.14. The Morgan fingerprint density at radius 2 is 1.80 bits per heavy atom. The molecule has 1 saturated carbocycles. The second kappa shape index (κ2) is 6.83. The molecule has 0 amide bonds. The third kappa shape index (κ3) is 4.65. The van der Waals surface area contributed by atoms with E-state index in [0.29, 0.717) is 5.92 Å². The minimum absolute atomic E-state index is 0.352. The predicted molar refractivity (Wildman–Crippen MR) is 60.9 cm³/mol. The van der Waals surface area contributed by atoms with Crippen molar-refractivity contribution in [3.63, 3.8) is 0 Å². The van der Waals surface area contributed by atoms with Gasteiger partial charge in [0, 0.05) is 0 Å². The summed E-state index contributed by atoms with van der Waals surface area (Å²) in [5, 5.41) is 11.9. The maximum absolute atomic E-state index is 10.9. The Labute approximate surface area is 92.3 Å². The number of rotatable bonds is 4. The first-order valence-corrected chi connectivity index (χ1v) is 6.14. The van der Waals surface area contributed by atoms with Gasteiger partial charge in [0.1, 0.15) is 6.04 Å². The van der Waals surface area contributed by atoms with E-state index in [1.54, 1.807) is 7.05 Å². The number of hydrogen-bond acceptors (Lipinski definition) is 2. The van der Waals surface area contributed by atoms with Crippen LogP contribution in [0.3, 0.4) is 0 Å². The summed E-state index contributed by atoms with van der Waals surface area (Å²) in [6, 6.07) is -0.352. The molecule has 3 nitrogen and oxygen atoms in total. The summed E-state index contributed by atoms with van der Waals surface area (Å²) < 4.78 is 0. The van der Waals surface area contributed by atoms with Gasteiger partial charge in [0.05, 0.1) is 0 Å². The van der Waals surface area contributed by atoms with E-state index < -0.39 is 5.97 Å². The van der Waals surface area contributed by atoms with E-state index in [-0.39, 0.29) is 6.04 Å². The maximum atomic E-state index is 10.9. The highest BCUT2D eigenvalue weighted by Crippen LogP contribution is 2.25. The van der Waals surface area contributed by atoms with Crippen molar-refractivity contribution in [2.45, 2.75) is 57.4 Å². The second-order valence-electron chi connectivity index (χ2n) is 4.63. The number of likely N-dealkylation sites (N-methyl/N-ethyl adjacent to an activating group) is 1.